The third-order valence-corrected chi connectivity index (χ3v) is 4.70. The standard InChI is InChI=1S/C17H18N4O3/c1-2-5-13-18-14(24-20-13)10-21-15(22)17(19-16(21)23)9-8-11-6-3-4-7-12(11)17/h3-4,6-7H,2,5,8-10H2,1H3,(H,19,23). The highest BCUT2D eigenvalue weighted by Gasteiger charge is 2.55. The highest BCUT2D eigenvalue weighted by atomic mass is 16.5. The van der Waals surface area contributed by atoms with Gasteiger partial charge in [0.2, 0.25) is 5.89 Å². The van der Waals surface area contributed by atoms with Crippen LogP contribution in [0.1, 0.15) is 42.6 Å². The van der Waals surface area contributed by atoms with E-state index in [2.05, 4.69) is 15.5 Å². The van der Waals surface area contributed by atoms with E-state index in [0.717, 1.165) is 24.0 Å². The zero-order valence-corrected chi connectivity index (χ0v) is 13.4. The average Bonchev–Trinajstić information content (AvgIpc) is 3.24. The number of carbonyl (C=O) groups excluding carboxylic acids is 2. The van der Waals surface area contributed by atoms with E-state index in [-0.39, 0.29) is 18.3 Å². The number of rotatable bonds is 4. The molecular formula is C17H18N4O3. The van der Waals surface area contributed by atoms with Crippen molar-refractivity contribution in [2.45, 2.75) is 44.7 Å². The summed E-state index contributed by atoms with van der Waals surface area (Å²) in [6.45, 7) is 2.03. The molecule has 124 valence electrons. The largest absolute Gasteiger partial charge is 0.337 e. The van der Waals surface area contributed by atoms with E-state index < -0.39 is 11.6 Å². The second-order valence-electron chi connectivity index (χ2n) is 6.24. The van der Waals surface area contributed by atoms with Gasteiger partial charge >= 0.3 is 6.03 Å². The van der Waals surface area contributed by atoms with Gasteiger partial charge in [-0.05, 0) is 30.4 Å². The van der Waals surface area contributed by atoms with Crippen molar-refractivity contribution in [1.29, 1.82) is 0 Å². The van der Waals surface area contributed by atoms with Crippen molar-refractivity contribution in [3.8, 4) is 0 Å². The lowest BCUT2D eigenvalue weighted by Crippen LogP contribution is -2.41. The second-order valence-corrected chi connectivity index (χ2v) is 6.24. The fraction of sp³-hybridized carbons (Fsp3) is 0.412. The van der Waals surface area contributed by atoms with Crippen LogP contribution in [0.5, 0.6) is 0 Å². The number of benzene rings is 1. The summed E-state index contributed by atoms with van der Waals surface area (Å²) in [7, 11) is 0. The van der Waals surface area contributed by atoms with E-state index in [1.807, 2.05) is 31.2 Å². The molecule has 3 amide bonds. The first-order chi connectivity index (χ1) is 11.6. The van der Waals surface area contributed by atoms with Crippen LogP contribution >= 0.6 is 0 Å². The van der Waals surface area contributed by atoms with Gasteiger partial charge in [-0.2, -0.15) is 4.98 Å². The number of urea groups is 1. The molecule has 1 aromatic carbocycles. The predicted octanol–water partition coefficient (Wildman–Crippen LogP) is 1.92. The van der Waals surface area contributed by atoms with Crippen molar-refractivity contribution in [2.75, 3.05) is 0 Å². The molecule has 1 aliphatic heterocycles. The number of imide groups is 1. The predicted molar refractivity (Wildman–Crippen MR) is 83.8 cm³/mol. The molecule has 4 rings (SSSR count). The van der Waals surface area contributed by atoms with Crippen LogP contribution in [0.25, 0.3) is 0 Å². The summed E-state index contributed by atoms with van der Waals surface area (Å²) >= 11 is 0. The number of amides is 3. The van der Waals surface area contributed by atoms with E-state index >= 15 is 0 Å². The van der Waals surface area contributed by atoms with Crippen molar-refractivity contribution in [3.63, 3.8) is 0 Å². The third-order valence-electron chi connectivity index (χ3n) is 4.70. The molecule has 0 bridgehead atoms. The van der Waals surface area contributed by atoms with Gasteiger partial charge in [0.1, 0.15) is 12.1 Å². The van der Waals surface area contributed by atoms with E-state index in [9.17, 15) is 9.59 Å². The number of nitrogens with one attached hydrogen (secondary N) is 1. The molecular weight excluding hydrogens is 308 g/mol. The molecule has 1 fully saturated rings. The number of hydrogen-bond acceptors (Lipinski definition) is 5. The van der Waals surface area contributed by atoms with Crippen LogP contribution < -0.4 is 5.32 Å². The molecule has 7 nitrogen and oxygen atoms in total. The lowest BCUT2D eigenvalue weighted by molar-refractivity contribution is -0.132. The first-order valence-corrected chi connectivity index (χ1v) is 8.18. The quantitative estimate of drug-likeness (QED) is 0.867. The Labute approximate surface area is 139 Å². The summed E-state index contributed by atoms with van der Waals surface area (Å²) in [5, 5.41) is 6.75. The van der Waals surface area contributed by atoms with Crippen molar-refractivity contribution in [1.82, 2.24) is 20.4 Å². The maximum Gasteiger partial charge on any atom is 0.325 e. The van der Waals surface area contributed by atoms with Crippen LogP contribution in [-0.4, -0.2) is 27.0 Å². The lowest BCUT2D eigenvalue weighted by Gasteiger charge is -2.21. The van der Waals surface area contributed by atoms with Gasteiger partial charge in [0.15, 0.2) is 5.82 Å². The van der Waals surface area contributed by atoms with Gasteiger partial charge in [0.25, 0.3) is 5.91 Å². The smallest absolute Gasteiger partial charge is 0.325 e. The molecule has 2 heterocycles. The van der Waals surface area contributed by atoms with Crippen LogP contribution in [0.3, 0.4) is 0 Å². The number of fused-ring (bicyclic) bond motifs is 2. The van der Waals surface area contributed by atoms with Gasteiger partial charge in [-0.15, -0.1) is 0 Å². The number of aryl methyl sites for hydroxylation is 2. The summed E-state index contributed by atoms with van der Waals surface area (Å²) in [6.07, 6.45) is 2.97. The number of carbonyl (C=O) groups is 2. The summed E-state index contributed by atoms with van der Waals surface area (Å²) < 4.78 is 5.16. The van der Waals surface area contributed by atoms with Crippen molar-refractivity contribution >= 4 is 11.9 Å². The number of hydrogen-bond donors (Lipinski definition) is 1. The Morgan fingerprint density at radius 1 is 1.33 bits per heavy atom. The first-order valence-electron chi connectivity index (χ1n) is 8.18. The Balaban J connectivity index is 1.60. The Bertz CT molecular complexity index is 816. The minimum absolute atomic E-state index is 0.00526. The highest BCUT2D eigenvalue weighted by Crippen LogP contribution is 2.41. The van der Waals surface area contributed by atoms with Crippen molar-refractivity contribution in [2.24, 2.45) is 0 Å². The molecule has 1 saturated heterocycles. The van der Waals surface area contributed by atoms with Crippen molar-refractivity contribution in [3.05, 3.63) is 47.1 Å². The van der Waals surface area contributed by atoms with Crippen LogP contribution in [0.15, 0.2) is 28.8 Å². The van der Waals surface area contributed by atoms with Gasteiger partial charge in [-0.25, -0.2) is 4.79 Å². The highest BCUT2D eigenvalue weighted by molar-refractivity contribution is 6.07. The normalized spacial score (nSPS) is 22.3. The second kappa shape index (κ2) is 5.43. The molecule has 2 aromatic rings. The minimum atomic E-state index is -0.944. The molecule has 1 spiro atoms. The summed E-state index contributed by atoms with van der Waals surface area (Å²) in [4.78, 5) is 30.8. The number of nitrogens with zero attached hydrogens (tertiary/aromatic N) is 3. The molecule has 1 N–H and O–H groups in total. The zero-order valence-electron chi connectivity index (χ0n) is 13.4. The molecule has 0 saturated carbocycles. The molecule has 7 heteroatoms. The Morgan fingerprint density at radius 2 is 2.17 bits per heavy atom. The van der Waals surface area contributed by atoms with Gasteiger partial charge < -0.3 is 9.84 Å². The van der Waals surface area contributed by atoms with Crippen LogP contribution in [0.2, 0.25) is 0 Å². The van der Waals surface area contributed by atoms with E-state index in [0.29, 0.717) is 18.7 Å². The molecule has 0 radical (unpaired) electrons. The maximum atomic E-state index is 13.0. The molecule has 1 atom stereocenters. The summed E-state index contributed by atoms with van der Waals surface area (Å²) in [5.41, 5.74) is 1.05. The monoisotopic (exact) mass is 326 g/mol. The van der Waals surface area contributed by atoms with Gasteiger partial charge in [-0.3, -0.25) is 9.69 Å². The summed E-state index contributed by atoms with van der Waals surface area (Å²) in [5.74, 6) is 0.637. The van der Waals surface area contributed by atoms with Crippen LogP contribution in [0, 0.1) is 0 Å². The molecule has 1 aromatic heterocycles. The third kappa shape index (κ3) is 2.11. The van der Waals surface area contributed by atoms with Gasteiger partial charge in [-0.1, -0.05) is 36.3 Å². The Kier molecular flexibility index (Phi) is 3.37. The van der Waals surface area contributed by atoms with E-state index in [1.54, 1.807) is 0 Å². The van der Waals surface area contributed by atoms with Crippen LogP contribution in [0.4, 0.5) is 4.79 Å². The topological polar surface area (TPSA) is 88.3 Å². The van der Waals surface area contributed by atoms with Gasteiger partial charge in [0, 0.05) is 6.42 Å². The molecule has 1 unspecified atom stereocenters. The van der Waals surface area contributed by atoms with Gasteiger partial charge in [0.05, 0.1) is 0 Å². The Morgan fingerprint density at radius 3 is 3.00 bits per heavy atom. The van der Waals surface area contributed by atoms with Crippen LogP contribution in [-0.2, 0) is 29.7 Å². The van der Waals surface area contributed by atoms with E-state index in [1.165, 1.54) is 4.90 Å². The van der Waals surface area contributed by atoms with Crippen molar-refractivity contribution < 1.29 is 14.1 Å². The minimum Gasteiger partial charge on any atom is -0.337 e. The fourth-order valence-electron chi connectivity index (χ4n) is 3.55. The maximum absolute atomic E-state index is 13.0. The Hall–Kier alpha value is -2.70. The molecule has 24 heavy (non-hydrogen) atoms. The zero-order chi connectivity index (χ0) is 16.7. The molecule has 2 aliphatic rings. The number of aromatic nitrogens is 2. The SMILES string of the molecule is CCCc1noc(CN2C(=O)NC3(CCc4ccccc43)C2=O)n1. The fourth-order valence-corrected chi connectivity index (χ4v) is 3.55. The summed E-state index contributed by atoms with van der Waals surface area (Å²) in [6, 6.07) is 7.34. The molecule has 1 aliphatic carbocycles. The average molecular weight is 326 g/mol. The van der Waals surface area contributed by atoms with E-state index in [4.69, 9.17) is 4.52 Å². The first kappa shape index (κ1) is 14.9. The lowest BCUT2D eigenvalue weighted by atomic mass is 9.92.